The number of carbonyl (C=O) groups is 1. The third-order valence-corrected chi connectivity index (χ3v) is 5.43. The zero-order chi connectivity index (χ0) is 18.6. The summed E-state index contributed by atoms with van der Waals surface area (Å²) in [5.41, 5.74) is 8.51. The molecule has 0 aliphatic rings. The van der Waals surface area contributed by atoms with Crippen LogP contribution < -0.4 is 15.8 Å². The van der Waals surface area contributed by atoms with Crippen LogP contribution in [0.15, 0.2) is 53.4 Å². The molecule has 134 valence electrons. The maximum atomic E-state index is 12.4. The van der Waals surface area contributed by atoms with Gasteiger partial charge in [-0.2, -0.15) is 0 Å². The Morgan fingerprint density at radius 1 is 1.08 bits per heavy atom. The van der Waals surface area contributed by atoms with Crippen molar-refractivity contribution in [3.05, 3.63) is 65.2 Å². The van der Waals surface area contributed by atoms with Crippen LogP contribution in [0, 0.1) is 6.92 Å². The molecule has 0 aliphatic carbocycles. The van der Waals surface area contributed by atoms with Gasteiger partial charge in [-0.25, -0.2) is 13.1 Å². The van der Waals surface area contributed by atoms with Gasteiger partial charge in [0.1, 0.15) is 6.04 Å². The molecule has 0 spiro atoms. The van der Waals surface area contributed by atoms with E-state index >= 15 is 0 Å². The molecule has 0 bridgehead atoms. The Morgan fingerprint density at radius 2 is 1.72 bits per heavy atom. The summed E-state index contributed by atoms with van der Waals surface area (Å²) in [5, 5.41) is 2.83. The predicted molar refractivity (Wildman–Crippen MR) is 97.4 cm³/mol. The van der Waals surface area contributed by atoms with Gasteiger partial charge < -0.3 is 11.1 Å². The van der Waals surface area contributed by atoms with Gasteiger partial charge in [-0.15, -0.1) is 0 Å². The minimum Gasteiger partial charge on any atom is -0.348 e. The van der Waals surface area contributed by atoms with Gasteiger partial charge in [-0.05, 0) is 44.2 Å². The first-order chi connectivity index (χ1) is 11.7. The molecule has 6 nitrogen and oxygen atoms in total. The molecule has 2 aromatic rings. The largest absolute Gasteiger partial charge is 0.348 e. The second kappa shape index (κ2) is 7.77. The molecular formula is C18H23N3O3S. The molecule has 7 heteroatoms. The minimum atomic E-state index is -3.53. The molecule has 4 N–H and O–H groups in total. The van der Waals surface area contributed by atoms with E-state index in [4.69, 9.17) is 5.73 Å². The minimum absolute atomic E-state index is 0.149. The molecule has 0 radical (unpaired) electrons. The Hall–Kier alpha value is -2.22. The summed E-state index contributed by atoms with van der Waals surface area (Å²) in [4.78, 5) is 12.5. The first-order valence-electron chi connectivity index (χ1n) is 7.90. The van der Waals surface area contributed by atoms with E-state index in [0.717, 1.165) is 11.1 Å². The van der Waals surface area contributed by atoms with Gasteiger partial charge >= 0.3 is 0 Å². The fourth-order valence-electron chi connectivity index (χ4n) is 2.38. The summed E-state index contributed by atoms with van der Waals surface area (Å²) < 4.78 is 26.1. The van der Waals surface area contributed by atoms with Crippen molar-refractivity contribution in [3.63, 3.8) is 0 Å². The summed E-state index contributed by atoms with van der Waals surface area (Å²) in [6, 6.07) is 12.7. The van der Waals surface area contributed by atoms with Crippen molar-refractivity contribution in [3.8, 4) is 0 Å². The number of amides is 1. The first kappa shape index (κ1) is 19.1. The van der Waals surface area contributed by atoms with E-state index < -0.39 is 16.1 Å². The van der Waals surface area contributed by atoms with Gasteiger partial charge in [0.05, 0.1) is 10.9 Å². The number of hydrogen-bond donors (Lipinski definition) is 3. The summed E-state index contributed by atoms with van der Waals surface area (Å²) in [6.45, 7) is 3.74. The summed E-state index contributed by atoms with van der Waals surface area (Å²) in [6.07, 6.45) is 0. The third kappa shape index (κ3) is 4.66. The Morgan fingerprint density at radius 3 is 2.32 bits per heavy atom. The van der Waals surface area contributed by atoms with Crippen molar-refractivity contribution >= 4 is 15.9 Å². The quantitative estimate of drug-likeness (QED) is 0.730. The lowest BCUT2D eigenvalue weighted by atomic mass is 10.0. The maximum absolute atomic E-state index is 12.4. The van der Waals surface area contributed by atoms with E-state index in [1.807, 2.05) is 31.2 Å². The molecule has 1 amide bonds. The molecule has 0 aliphatic heterocycles. The second-order valence-electron chi connectivity index (χ2n) is 5.90. The number of carbonyl (C=O) groups excluding carboxylic acids is 1. The molecule has 2 rings (SSSR count). The number of aryl methyl sites for hydroxylation is 1. The van der Waals surface area contributed by atoms with E-state index in [1.165, 1.54) is 19.2 Å². The molecule has 0 saturated heterocycles. The normalized spacial score (nSPS) is 13.9. The molecule has 0 fully saturated rings. The van der Waals surface area contributed by atoms with Gasteiger partial charge in [0.25, 0.3) is 0 Å². The lowest BCUT2D eigenvalue weighted by Gasteiger charge is -2.19. The van der Waals surface area contributed by atoms with E-state index in [0.29, 0.717) is 5.56 Å². The second-order valence-corrected chi connectivity index (χ2v) is 7.79. The number of nitrogens with two attached hydrogens (primary N) is 1. The third-order valence-electron chi connectivity index (χ3n) is 4.01. The van der Waals surface area contributed by atoms with Crippen molar-refractivity contribution < 1.29 is 13.2 Å². The fourth-order valence-corrected chi connectivity index (χ4v) is 3.17. The monoisotopic (exact) mass is 361 g/mol. The van der Waals surface area contributed by atoms with Crippen LogP contribution in [0.3, 0.4) is 0 Å². The summed E-state index contributed by atoms with van der Waals surface area (Å²) in [7, 11) is -2.18. The Kier molecular flexibility index (Phi) is 5.94. The summed E-state index contributed by atoms with van der Waals surface area (Å²) in [5.74, 6) is -0.321. The van der Waals surface area contributed by atoms with E-state index in [-0.39, 0.29) is 16.8 Å². The highest BCUT2D eigenvalue weighted by molar-refractivity contribution is 7.89. The van der Waals surface area contributed by atoms with Crippen LogP contribution in [0.4, 0.5) is 0 Å². The van der Waals surface area contributed by atoms with E-state index in [9.17, 15) is 13.2 Å². The highest BCUT2D eigenvalue weighted by Crippen LogP contribution is 2.19. The molecule has 0 heterocycles. The number of nitrogens with one attached hydrogen (secondary N) is 2. The van der Waals surface area contributed by atoms with Crippen LogP contribution in [0.5, 0.6) is 0 Å². The average Bonchev–Trinajstić information content (AvgIpc) is 2.61. The van der Waals surface area contributed by atoms with Crippen molar-refractivity contribution in [2.45, 2.75) is 30.8 Å². The van der Waals surface area contributed by atoms with Crippen LogP contribution in [0.1, 0.15) is 35.7 Å². The van der Waals surface area contributed by atoms with Crippen molar-refractivity contribution in [1.82, 2.24) is 10.0 Å². The average molecular weight is 361 g/mol. The van der Waals surface area contributed by atoms with E-state index in [2.05, 4.69) is 10.0 Å². The van der Waals surface area contributed by atoms with Crippen molar-refractivity contribution in [2.24, 2.45) is 5.73 Å². The molecule has 2 unspecified atom stereocenters. The predicted octanol–water partition coefficient (Wildman–Crippen LogP) is 1.78. The maximum Gasteiger partial charge on any atom is 0.241 e. The van der Waals surface area contributed by atoms with Crippen LogP contribution in [0.25, 0.3) is 0 Å². The standard InChI is InChI=1S/C18H23N3O3S/c1-12-7-9-14(10-8-12)17(19)18(22)21-13(2)15-5-4-6-16(11-15)25(23,24)20-3/h4-11,13,17,20H,19H2,1-3H3,(H,21,22). The van der Waals surface area contributed by atoms with Gasteiger partial charge in [-0.1, -0.05) is 42.0 Å². The zero-order valence-corrected chi connectivity index (χ0v) is 15.3. The van der Waals surface area contributed by atoms with Crippen LogP contribution in [0.2, 0.25) is 0 Å². The SMILES string of the molecule is CNS(=O)(=O)c1cccc(C(C)NC(=O)C(N)c2ccc(C)cc2)c1. The number of rotatable bonds is 6. The van der Waals surface area contributed by atoms with Crippen LogP contribution in [-0.4, -0.2) is 21.4 Å². The topological polar surface area (TPSA) is 101 Å². The molecule has 2 aromatic carbocycles. The highest BCUT2D eigenvalue weighted by atomic mass is 32.2. The van der Waals surface area contributed by atoms with Crippen LogP contribution >= 0.6 is 0 Å². The first-order valence-corrected chi connectivity index (χ1v) is 9.39. The zero-order valence-electron chi connectivity index (χ0n) is 14.5. The molecular weight excluding hydrogens is 338 g/mol. The highest BCUT2D eigenvalue weighted by Gasteiger charge is 2.19. The fraction of sp³-hybridized carbons (Fsp3) is 0.278. The van der Waals surface area contributed by atoms with Gasteiger partial charge in [0.2, 0.25) is 15.9 Å². The Labute approximate surface area is 148 Å². The van der Waals surface area contributed by atoms with Gasteiger partial charge in [0.15, 0.2) is 0 Å². The Bertz CT molecular complexity index is 848. The molecule has 25 heavy (non-hydrogen) atoms. The van der Waals surface area contributed by atoms with Crippen molar-refractivity contribution in [2.75, 3.05) is 7.05 Å². The lowest BCUT2D eigenvalue weighted by molar-refractivity contribution is -0.123. The van der Waals surface area contributed by atoms with Gasteiger partial charge in [0, 0.05) is 0 Å². The lowest BCUT2D eigenvalue weighted by Crippen LogP contribution is -2.35. The van der Waals surface area contributed by atoms with Gasteiger partial charge in [-0.3, -0.25) is 4.79 Å². The van der Waals surface area contributed by atoms with E-state index in [1.54, 1.807) is 19.1 Å². The van der Waals surface area contributed by atoms with Crippen LogP contribution in [-0.2, 0) is 14.8 Å². The number of benzene rings is 2. The number of sulfonamides is 1. The number of hydrogen-bond acceptors (Lipinski definition) is 4. The Balaban J connectivity index is 2.13. The van der Waals surface area contributed by atoms with Crippen molar-refractivity contribution in [1.29, 1.82) is 0 Å². The molecule has 0 saturated carbocycles. The molecule has 2 atom stereocenters. The molecule has 0 aromatic heterocycles. The summed E-state index contributed by atoms with van der Waals surface area (Å²) >= 11 is 0. The smallest absolute Gasteiger partial charge is 0.241 e.